The van der Waals surface area contributed by atoms with Crippen LogP contribution in [0.15, 0.2) is 29.7 Å². The van der Waals surface area contributed by atoms with E-state index >= 15 is 0 Å². The van der Waals surface area contributed by atoms with Crippen LogP contribution in [0.4, 0.5) is 5.69 Å². The summed E-state index contributed by atoms with van der Waals surface area (Å²) in [5.74, 6) is 0. The number of benzene rings is 1. The Bertz CT molecular complexity index is 606. The van der Waals surface area contributed by atoms with Gasteiger partial charge < -0.3 is 25.3 Å². The molecule has 0 atom stereocenters. The van der Waals surface area contributed by atoms with Gasteiger partial charge in [-0.2, -0.15) is 0 Å². The lowest BCUT2D eigenvalue weighted by Gasteiger charge is -2.32. The Balaban J connectivity index is 1.74. The molecular weight excluding hydrogens is 313 g/mol. The highest BCUT2D eigenvalue weighted by Gasteiger charge is 2.52. The summed E-state index contributed by atoms with van der Waals surface area (Å²) in [6.45, 7) is 12.8. The molecule has 3 rings (SSSR count). The molecule has 1 aromatic carbocycles. The fourth-order valence-electron chi connectivity index (χ4n) is 3.14. The van der Waals surface area contributed by atoms with E-state index in [1.165, 1.54) is 5.69 Å². The van der Waals surface area contributed by atoms with Crippen molar-refractivity contribution in [1.82, 2.24) is 5.32 Å². The Morgan fingerprint density at radius 2 is 1.68 bits per heavy atom. The molecule has 0 bridgehead atoms. The van der Waals surface area contributed by atoms with Gasteiger partial charge in [0.15, 0.2) is 0 Å². The van der Waals surface area contributed by atoms with Crippen molar-refractivity contribution in [2.24, 2.45) is 5.73 Å². The average molecular weight is 343 g/mol. The van der Waals surface area contributed by atoms with E-state index in [-0.39, 0.29) is 18.3 Å². The number of nitrogens with one attached hydrogen (secondary N) is 1. The molecule has 3 N–H and O–H groups in total. The van der Waals surface area contributed by atoms with Crippen molar-refractivity contribution in [2.45, 2.75) is 38.9 Å². The molecule has 0 spiro atoms. The molecule has 2 aliphatic heterocycles. The lowest BCUT2D eigenvalue weighted by Crippen LogP contribution is -2.43. The molecule has 2 aliphatic rings. The number of anilines is 1. The summed E-state index contributed by atoms with van der Waals surface area (Å²) in [6.07, 6.45) is 2.09. The minimum absolute atomic E-state index is 0.349. The zero-order valence-electron chi connectivity index (χ0n) is 15.8. The minimum Gasteiger partial charge on any atom is -0.400 e. The van der Waals surface area contributed by atoms with Gasteiger partial charge >= 0.3 is 7.12 Å². The molecule has 5 nitrogen and oxygen atoms in total. The van der Waals surface area contributed by atoms with Gasteiger partial charge in [0, 0.05) is 38.4 Å². The fraction of sp³-hybridized carbons (Fsp3) is 0.579. The maximum atomic E-state index is 6.12. The molecule has 0 saturated carbocycles. The van der Waals surface area contributed by atoms with E-state index in [9.17, 15) is 0 Å². The summed E-state index contributed by atoms with van der Waals surface area (Å²) in [4.78, 5) is 2.40. The van der Waals surface area contributed by atoms with Crippen molar-refractivity contribution in [3.63, 3.8) is 0 Å². The maximum Gasteiger partial charge on any atom is 0.491 e. The molecule has 0 aromatic heterocycles. The van der Waals surface area contributed by atoms with Crippen LogP contribution in [0, 0.1) is 0 Å². The van der Waals surface area contributed by atoms with Crippen LogP contribution < -0.4 is 16.0 Å². The molecular formula is C19H30BN3O2. The van der Waals surface area contributed by atoms with Crippen LogP contribution in [-0.4, -0.2) is 51.0 Å². The van der Waals surface area contributed by atoms with Gasteiger partial charge in [-0.1, -0.05) is 18.2 Å². The summed E-state index contributed by atoms with van der Waals surface area (Å²) in [7, 11) is -0.386. The molecule has 0 unspecified atom stereocenters. The monoisotopic (exact) mass is 343 g/mol. The Labute approximate surface area is 151 Å². The first kappa shape index (κ1) is 18.5. The molecule has 2 fully saturated rings. The number of nitrogens with two attached hydrogens (primary N) is 1. The fourth-order valence-corrected chi connectivity index (χ4v) is 3.14. The number of rotatable bonds is 4. The van der Waals surface area contributed by atoms with Crippen LogP contribution in [0.25, 0.3) is 6.08 Å². The smallest absolute Gasteiger partial charge is 0.400 e. The second kappa shape index (κ2) is 7.12. The van der Waals surface area contributed by atoms with Crippen molar-refractivity contribution in [1.29, 1.82) is 0 Å². The molecule has 0 aliphatic carbocycles. The predicted octanol–water partition coefficient (Wildman–Crippen LogP) is 2.07. The second-order valence-electron chi connectivity index (χ2n) is 7.84. The van der Waals surface area contributed by atoms with Gasteiger partial charge in [0.1, 0.15) is 0 Å². The average Bonchev–Trinajstić information content (AvgIpc) is 2.81. The Kier molecular flexibility index (Phi) is 5.25. The van der Waals surface area contributed by atoms with Crippen LogP contribution in [0.2, 0.25) is 0 Å². The molecule has 2 heterocycles. The van der Waals surface area contributed by atoms with Crippen molar-refractivity contribution in [3.05, 3.63) is 35.3 Å². The molecule has 25 heavy (non-hydrogen) atoms. The van der Waals surface area contributed by atoms with Gasteiger partial charge in [-0.05, 0) is 50.9 Å². The van der Waals surface area contributed by atoms with E-state index in [2.05, 4.69) is 68.3 Å². The third-order valence-corrected chi connectivity index (χ3v) is 5.52. The van der Waals surface area contributed by atoms with Crippen molar-refractivity contribution in [3.8, 4) is 0 Å². The summed E-state index contributed by atoms with van der Waals surface area (Å²) in [6, 6.07) is 8.63. The van der Waals surface area contributed by atoms with Crippen LogP contribution in [-0.2, 0) is 9.31 Å². The Morgan fingerprint density at radius 1 is 1.12 bits per heavy atom. The first-order valence-corrected chi connectivity index (χ1v) is 9.14. The van der Waals surface area contributed by atoms with Crippen LogP contribution in [0.5, 0.6) is 0 Å². The van der Waals surface area contributed by atoms with Crippen molar-refractivity contribution in [2.75, 3.05) is 37.6 Å². The third kappa shape index (κ3) is 3.92. The van der Waals surface area contributed by atoms with Gasteiger partial charge in [-0.25, -0.2) is 0 Å². The summed E-state index contributed by atoms with van der Waals surface area (Å²) >= 11 is 0. The third-order valence-electron chi connectivity index (χ3n) is 5.52. The normalized spacial score (nSPS) is 23.2. The highest BCUT2D eigenvalue weighted by Crippen LogP contribution is 2.38. The first-order chi connectivity index (χ1) is 11.8. The summed E-state index contributed by atoms with van der Waals surface area (Å²) < 4.78 is 12.2. The largest absolute Gasteiger partial charge is 0.491 e. The quantitative estimate of drug-likeness (QED) is 0.820. The zero-order chi connectivity index (χ0) is 18.1. The highest BCUT2D eigenvalue weighted by atomic mass is 16.7. The number of hydrogen-bond acceptors (Lipinski definition) is 5. The maximum absolute atomic E-state index is 6.12. The van der Waals surface area contributed by atoms with E-state index in [0.717, 1.165) is 37.2 Å². The summed E-state index contributed by atoms with van der Waals surface area (Å²) in [5, 5.41) is 3.38. The SMILES string of the molecule is CC1(C)OB(C(=Cc2ccc(N3CCNCC3)cc2)CN)OC1(C)C. The lowest BCUT2D eigenvalue weighted by molar-refractivity contribution is 0.00578. The molecule has 6 heteroatoms. The van der Waals surface area contributed by atoms with Gasteiger partial charge in [0.2, 0.25) is 0 Å². The van der Waals surface area contributed by atoms with Crippen molar-refractivity contribution >= 4 is 18.9 Å². The van der Waals surface area contributed by atoms with Gasteiger partial charge in [-0.15, -0.1) is 0 Å². The topological polar surface area (TPSA) is 59.8 Å². The van der Waals surface area contributed by atoms with Crippen LogP contribution >= 0.6 is 0 Å². The number of nitrogens with zero attached hydrogens (tertiary/aromatic N) is 1. The summed E-state index contributed by atoms with van der Waals surface area (Å²) in [5.41, 5.74) is 8.64. The lowest BCUT2D eigenvalue weighted by atomic mass is 9.77. The Hall–Kier alpha value is -1.34. The van der Waals surface area contributed by atoms with Crippen molar-refractivity contribution < 1.29 is 9.31 Å². The predicted molar refractivity (Wildman–Crippen MR) is 105 cm³/mol. The van der Waals surface area contributed by atoms with Gasteiger partial charge in [0.05, 0.1) is 11.2 Å². The minimum atomic E-state index is -0.386. The van der Waals surface area contributed by atoms with Crippen LogP contribution in [0.3, 0.4) is 0 Å². The van der Waals surface area contributed by atoms with E-state index in [1.54, 1.807) is 0 Å². The van der Waals surface area contributed by atoms with E-state index in [1.807, 2.05) is 0 Å². The first-order valence-electron chi connectivity index (χ1n) is 9.14. The second-order valence-corrected chi connectivity index (χ2v) is 7.84. The molecule has 2 saturated heterocycles. The van der Waals surface area contributed by atoms with E-state index in [0.29, 0.717) is 6.54 Å². The molecule has 0 radical (unpaired) electrons. The van der Waals surface area contributed by atoms with Gasteiger partial charge in [0.25, 0.3) is 0 Å². The molecule has 0 amide bonds. The molecule has 1 aromatic rings. The highest BCUT2D eigenvalue weighted by molar-refractivity contribution is 6.55. The van der Waals surface area contributed by atoms with E-state index in [4.69, 9.17) is 15.0 Å². The van der Waals surface area contributed by atoms with Gasteiger partial charge in [-0.3, -0.25) is 0 Å². The Morgan fingerprint density at radius 3 is 2.20 bits per heavy atom. The van der Waals surface area contributed by atoms with Crippen LogP contribution in [0.1, 0.15) is 33.3 Å². The standard InChI is InChI=1S/C19H30BN3O2/c1-18(2)19(3,4)25-20(24-18)16(14-21)13-15-5-7-17(8-6-15)23-11-9-22-10-12-23/h5-8,13,22H,9-12,14,21H2,1-4H3. The zero-order valence-corrected chi connectivity index (χ0v) is 15.8. The molecule has 136 valence electrons. The van der Waals surface area contributed by atoms with E-state index < -0.39 is 0 Å². The number of piperazine rings is 1. The number of hydrogen-bond donors (Lipinski definition) is 2.